The molecular formula is C24H18F4. The zero-order valence-corrected chi connectivity index (χ0v) is 15.1. The average molecular weight is 382 g/mol. The van der Waals surface area contributed by atoms with Gasteiger partial charge in [-0.1, -0.05) is 24.0 Å². The van der Waals surface area contributed by atoms with E-state index >= 15 is 0 Å². The van der Waals surface area contributed by atoms with Gasteiger partial charge in [-0.15, -0.1) is 0 Å². The minimum absolute atomic E-state index is 0.338. The largest absolute Gasteiger partial charge is 0.247 e. The number of rotatable bonds is 1. The Kier molecular flexibility index (Phi) is 6.56. The van der Waals surface area contributed by atoms with Crippen molar-refractivity contribution >= 4 is 0 Å². The lowest BCUT2D eigenvalue weighted by atomic mass is 9.83. The summed E-state index contributed by atoms with van der Waals surface area (Å²) in [5.74, 6) is 6.54. The maximum Gasteiger partial charge on any atom is 0.217 e. The van der Waals surface area contributed by atoms with Crippen LogP contribution in [-0.4, -0.2) is 6.17 Å². The molecule has 0 amide bonds. The Hall–Kier alpha value is -2.98. The highest BCUT2D eigenvalue weighted by molar-refractivity contribution is 5.45. The molecule has 142 valence electrons. The van der Waals surface area contributed by atoms with Crippen LogP contribution in [0.2, 0.25) is 0 Å². The molecule has 2 aromatic rings. The molecule has 0 saturated heterocycles. The van der Waals surface area contributed by atoms with Crippen molar-refractivity contribution in [2.24, 2.45) is 0 Å². The van der Waals surface area contributed by atoms with Crippen molar-refractivity contribution in [3.63, 3.8) is 0 Å². The molecule has 1 fully saturated rings. The molecule has 0 spiro atoms. The summed E-state index contributed by atoms with van der Waals surface area (Å²) >= 11 is 0. The van der Waals surface area contributed by atoms with Gasteiger partial charge >= 0.3 is 0 Å². The van der Waals surface area contributed by atoms with E-state index < -0.39 is 23.6 Å². The first-order valence-corrected chi connectivity index (χ1v) is 9.10. The van der Waals surface area contributed by atoms with Crippen LogP contribution >= 0.6 is 0 Å². The number of hydrogen-bond acceptors (Lipinski definition) is 0. The molecule has 0 N–H and O–H groups in total. The number of benzene rings is 2. The molecule has 2 aromatic carbocycles. The minimum atomic E-state index is -1.27. The third-order valence-electron chi connectivity index (χ3n) is 4.71. The SMILES string of the molecule is F/C(C#Cc1ccc(F)cc1)=C(/F)C#Cc1ccc(C2CCC(F)CC2)cc1. The van der Waals surface area contributed by atoms with Crippen molar-refractivity contribution in [3.05, 3.63) is 82.7 Å². The van der Waals surface area contributed by atoms with Crippen LogP contribution in [0.25, 0.3) is 0 Å². The predicted octanol–water partition coefficient (Wildman–Crippen LogP) is 6.38. The second-order valence-corrected chi connectivity index (χ2v) is 6.71. The zero-order valence-electron chi connectivity index (χ0n) is 15.1. The lowest BCUT2D eigenvalue weighted by Crippen LogP contribution is -2.13. The van der Waals surface area contributed by atoms with Gasteiger partial charge in [-0.25, -0.2) is 8.78 Å². The summed E-state index contributed by atoms with van der Waals surface area (Å²) in [5, 5.41) is 0. The van der Waals surface area contributed by atoms with E-state index in [2.05, 4.69) is 17.8 Å². The number of halogens is 4. The van der Waals surface area contributed by atoms with E-state index in [1.165, 1.54) is 24.3 Å². The van der Waals surface area contributed by atoms with E-state index in [9.17, 15) is 17.6 Å². The highest BCUT2D eigenvalue weighted by Gasteiger charge is 2.21. The molecule has 0 heterocycles. The number of allylic oxidation sites excluding steroid dienone is 2. The summed E-state index contributed by atoms with van der Waals surface area (Å²) in [6.07, 6.45) is 2.11. The first-order chi connectivity index (χ1) is 13.5. The first-order valence-electron chi connectivity index (χ1n) is 9.10. The van der Waals surface area contributed by atoms with Gasteiger partial charge in [-0.05, 0) is 85.4 Å². The molecule has 0 nitrogen and oxygen atoms in total. The molecule has 0 radical (unpaired) electrons. The summed E-state index contributed by atoms with van der Waals surface area (Å²) < 4.78 is 53.5. The van der Waals surface area contributed by atoms with E-state index in [1.54, 1.807) is 12.1 Å². The minimum Gasteiger partial charge on any atom is -0.247 e. The Bertz CT molecular complexity index is 956. The van der Waals surface area contributed by atoms with E-state index in [0.29, 0.717) is 29.9 Å². The molecule has 1 saturated carbocycles. The van der Waals surface area contributed by atoms with Crippen molar-refractivity contribution in [3.8, 4) is 23.7 Å². The lowest BCUT2D eigenvalue weighted by molar-refractivity contribution is 0.235. The van der Waals surface area contributed by atoms with Crippen molar-refractivity contribution in [2.75, 3.05) is 0 Å². The van der Waals surface area contributed by atoms with Crippen LogP contribution in [-0.2, 0) is 0 Å². The topological polar surface area (TPSA) is 0 Å². The summed E-state index contributed by atoms with van der Waals surface area (Å²) in [4.78, 5) is 0. The number of hydrogen-bond donors (Lipinski definition) is 0. The third-order valence-corrected chi connectivity index (χ3v) is 4.71. The van der Waals surface area contributed by atoms with Crippen LogP contribution in [0.15, 0.2) is 60.2 Å². The Balaban J connectivity index is 1.66. The third kappa shape index (κ3) is 5.51. The predicted molar refractivity (Wildman–Crippen MR) is 102 cm³/mol. The van der Waals surface area contributed by atoms with Crippen molar-refractivity contribution < 1.29 is 17.6 Å². The molecule has 28 heavy (non-hydrogen) atoms. The Morgan fingerprint density at radius 2 is 1.18 bits per heavy atom. The summed E-state index contributed by atoms with van der Waals surface area (Å²) in [6, 6.07) is 12.4. The molecule has 0 bridgehead atoms. The van der Waals surface area contributed by atoms with Crippen molar-refractivity contribution in [1.82, 2.24) is 0 Å². The molecule has 3 rings (SSSR count). The number of alkyl halides is 1. The fourth-order valence-corrected chi connectivity index (χ4v) is 3.12. The first kappa shape index (κ1) is 19.8. The quantitative estimate of drug-likeness (QED) is 0.397. The molecule has 1 aliphatic rings. The lowest BCUT2D eigenvalue weighted by Gasteiger charge is -2.24. The van der Waals surface area contributed by atoms with Crippen LogP contribution in [0.5, 0.6) is 0 Å². The van der Waals surface area contributed by atoms with Crippen molar-refractivity contribution in [1.29, 1.82) is 0 Å². The van der Waals surface area contributed by atoms with Crippen LogP contribution in [0, 0.1) is 29.5 Å². The fraction of sp³-hybridized carbons (Fsp3) is 0.250. The highest BCUT2D eigenvalue weighted by atomic mass is 19.2. The molecule has 4 heteroatoms. The van der Waals surface area contributed by atoms with Gasteiger partial charge < -0.3 is 0 Å². The Labute approximate surface area is 162 Å². The smallest absolute Gasteiger partial charge is 0.217 e. The fourth-order valence-electron chi connectivity index (χ4n) is 3.12. The molecule has 0 aromatic heterocycles. The maximum atomic E-state index is 13.8. The standard InChI is InChI=1S/C24H18F4/c25-21-11-3-18(4-12-21)6-16-24(28)23(27)15-5-17-1-7-19(8-2-17)20-9-13-22(26)14-10-20/h1-4,7-8,11-12,20,22H,9-10,13-14H2/b24-23+. The Morgan fingerprint density at radius 3 is 1.68 bits per heavy atom. The molecular weight excluding hydrogens is 364 g/mol. The van der Waals surface area contributed by atoms with E-state index in [-0.39, 0.29) is 0 Å². The van der Waals surface area contributed by atoms with Crippen LogP contribution in [0.3, 0.4) is 0 Å². The van der Waals surface area contributed by atoms with Gasteiger partial charge in [0, 0.05) is 11.1 Å². The van der Waals surface area contributed by atoms with Crippen LogP contribution < -0.4 is 0 Å². The molecule has 0 aliphatic heterocycles. The summed E-state index contributed by atoms with van der Waals surface area (Å²) in [7, 11) is 0. The van der Waals surface area contributed by atoms with E-state index in [0.717, 1.165) is 18.4 Å². The monoisotopic (exact) mass is 382 g/mol. The molecule has 0 unspecified atom stereocenters. The molecule has 1 aliphatic carbocycles. The van der Waals surface area contributed by atoms with Gasteiger partial charge in [0.2, 0.25) is 11.7 Å². The summed E-state index contributed by atoms with van der Waals surface area (Å²) in [5.41, 5.74) is 2.04. The van der Waals surface area contributed by atoms with Crippen LogP contribution in [0.1, 0.15) is 48.3 Å². The van der Waals surface area contributed by atoms with Gasteiger partial charge in [-0.2, -0.15) is 8.78 Å². The van der Waals surface area contributed by atoms with Gasteiger partial charge in [0.25, 0.3) is 0 Å². The van der Waals surface area contributed by atoms with Crippen LogP contribution in [0.4, 0.5) is 17.6 Å². The van der Waals surface area contributed by atoms with Gasteiger partial charge in [-0.3, -0.25) is 0 Å². The second-order valence-electron chi connectivity index (χ2n) is 6.71. The normalized spacial score (nSPS) is 19.6. The Morgan fingerprint density at radius 1 is 0.714 bits per heavy atom. The highest BCUT2D eigenvalue weighted by Crippen LogP contribution is 2.34. The second kappa shape index (κ2) is 9.29. The van der Waals surface area contributed by atoms with Crippen molar-refractivity contribution in [2.45, 2.75) is 37.8 Å². The van der Waals surface area contributed by atoms with Gasteiger partial charge in [0.1, 0.15) is 12.0 Å². The van der Waals surface area contributed by atoms with E-state index in [1.807, 2.05) is 18.1 Å². The van der Waals surface area contributed by atoms with E-state index in [4.69, 9.17) is 0 Å². The summed E-state index contributed by atoms with van der Waals surface area (Å²) in [6.45, 7) is 0. The maximum absolute atomic E-state index is 13.8. The van der Waals surface area contributed by atoms with Gasteiger partial charge in [0.05, 0.1) is 0 Å². The van der Waals surface area contributed by atoms with Gasteiger partial charge in [0.15, 0.2) is 0 Å². The molecule has 0 atom stereocenters. The zero-order chi connectivity index (χ0) is 19.9. The average Bonchev–Trinajstić information content (AvgIpc) is 2.72.